The van der Waals surface area contributed by atoms with Crippen LogP contribution in [0.2, 0.25) is 0 Å². The molecule has 2 aromatic rings. The molecule has 2 rings (SSSR count). The Labute approximate surface area is 97.7 Å². The lowest BCUT2D eigenvalue weighted by Crippen LogP contribution is -2.18. The van der Waals surface area contributed by atoms with Crippen LogP contribution in [0.25, 0.3) is 0 Å². The Hall–Kier alpha value is -1.68. The Morgan fingerprint density at radius 3 is 2.81 bits per heavy atom. The molecule has 0 radical (unpaired) electrons. The van der Waals surface area contributed by atoms with Gasteiger partial charge in [-0.1, -0.05) is 6.07 Å². The fraction of sp³-hybridized carbons (Fsp3) is 0.167. The minimum absolute atomic E-state index is 0.0923. The number of rotatable bonds is 2. The van der Waals surface area contributed by atoms with Crippen molar-refractivity contribution in [3.8, 4) is 0 Å². The van der Waals surface area contributed by atoms with Crippen LogP contribution in [-0.2, 0) is 0 Å². The first-order valence-electron chi connectivity index (χ1n) is 4.95. The van der Waals surface area contributed by atoms with Crippen LogP contribution in [0.5, 0.6) is 0 Å². The summed E-state index contributed by atoms with van der Waals surface area (Å²) in [5, 5.41) is 6.16. The van der Waals surface area contributed by atoms with Gasteiger partial charge in [0.2, 0.25) is 0 Å². The normalized spacial score (nSPS) is 11.1. The Bertz CT molecular complexity index is 567. The van der Waals surface area contributed by atoms with E-state index in [2.05, 4.69) is 5.10 Å². The van der Waals surface area contributed by atoms with Gasteiger partial charge in [-0.25, -0.2) is 4.68 Å². The Morgan fingerprint density at radius 1 is 1.38 bits per heavy atom. The predicted octanol–water partition coefficient (Wildman–Crippen LogP) is 2.41. The van der Waals surface area contributed by atoms with E-state index in [0.717, 1.165) is 16.1 Å². The molecule has 2 heterocycles. The summed E-state index contributed by atoms with van der Waals surface area (Å²) in [4.78, 5) is 12.7. The summed E-state index contributed by atoms with van der Waals surface area (Å²) in [5.74, 6) is 0. The van der Waals surface area contributed by atoms with E-state index in [9.17, 15) is 4.79 Å². The lowest BCUT2D eigenvalue weighted by molar-refractivity contribution is 0.791. The molecule has 0 unspecified atom stereocenters. The second-order valence-corrected chi connectivity index (χ2v) is 4.56. The lowest BCUT2D eigenvalue weighted by Gasteiger charge is -2.03. The van der Waals surface area contributed by atoms with Crippen LogP contribution in [0.3, 0.4) is 0 Å². The topological polar surface area (TPSA) is 34.4 Å². The van der Waals surface area contributed by atoms with Gasteiger partial charge in [-0.2, -0.15) is 5.10 Å². The number of pyridine rings is 1. The minimum Gasteiger partial charge on any atom is -0.267 e. The number of hydrogen-bond acceptors (Lipinski definition) is 3. The molecule has 0 N–H and O–H groups in total. The summed E-state index contributed by atoms with van der Waals surface area (Å²) in [6.45, 7) is 3.78. The Morgan fingerprint density at radius 2 is 2.19 bits per heavy atom. The molecule has 0 saturated carbocycles. The smallest absolute Gasteiger partial charge is 0.267 e. The van der Waals surface area contributed by atoms with Crippen LogP contribution in [0.1, 0.15) is 16.1 Å². The summed E-state index contributed by atoms with van der Waals surface area (Å²) < 4.78 is 1.41. The van der Waals surface area contributed by atoms with E-state index in [1.165, 1.54) is 4.68 Å². The number of aryl methyl sites for hydroxylation is 2. The second kappa shape index (κ2) is 4.45. The highest BCUT2D eigenvalue weighted by molar-refractivity contribution is 7.11. The van der Waals surface area contributed by atoms with Crippen molar-refractivity contribution in [2.45, 2.75) is 13.8 Å². The largest absolute Gasteiger partial charge is 0.271 e. The molecule has 0 fully saturated rings. The van der Waals surface area contributed by atoms with E-state index in [1.807, 2.05) is 37.4 Å². The highest BCUT2D eigenvalue weighted by Gasteiger charge is 1.98. The third kappa shape index (κ3) is 2.28. The zero-order chi connectivity index (χ0) is 11.5. The maximum absolute atomic E-state index is 11.7. The molecular formula is C12H12N2OS. The molecule has 0 amide bonds. The molecule has 4 heteroatoms. The van der Waals surface area contributed by atoms with Crippen LogP contribution in [-0.4, -0.2) is 10.9 Å². The van der Waals surface area contributed by atoms with Crippen molar-refractivity contribution >= 4 is 17.6 Å². The molecule has 82 valence electrons. The zero-order valence-electron chi connectivity index (χ0n) is 9.18. The molecule has 16 heavy (non-hydrogen) atoms. The van der Waals surface area contributed by atoms with E-state index in [4.69, 9.17) is 0 Å². The van der Waals surface area contributed by atoms with Gasteiger partial charge in [-0.15, -0.1) is 11.3 Å². The summed E-state index contributed by atoms with van der Waals surface area (Å²) in [5.41, 5.74) is 1.72. The highest BCUT2D eigenvalue weighted by atomic mass is 32.1. The van der Waals surface area contributed by atoms with E-state index >= 15 is 0 Å². The van der Waals surface area contributed by atoms with E-state index in [0.29, 0.717) is 0 Å². The summed E-state index contributed by atoms with van der Waals surface area (Å²) in [6, 6.07) is 7.44. The predicted molar refractivity (Wildman–Crippen MR) is 67.5 cm³/mol. The third-order valence-electron chi connectivity index (χ3n) is 2.17. The van der Waals surface area contributed by atoms with Crippen molar-refractivity contribution in [2.75, 3.05) is 0 Å². The zero-order valence-corrected chi connectivity index (χ0v) is 9.99. The van der Waals surface area contributed by atoms with Gasteiger partial charge in [-0.05, 0) is 36.9 Å². The maximum atomic E-state index is 11.7. The van der Waals surface area contributed by atoms with E-state index < -0.39 is 0 Å². The molecule has 0 aliphatic heterocycles. The monoisotopic (exact) mass is 232 g/mol. The molecule has 0 spiro atoms. The van der Waals surface area contributed by atoms with E-state index in [-0.39, 0.29) is 5.56 Å². The fourth-order valence-corrected chi connectivity index (χ4v) is 2.07. The van der Waals surface area contributed by atoms with Crippen LogP contribution >= 0.6 is 11.3 Å². The number of thiophene rings is 1. The summed E-state index contributed by atoms with van der Waals surface area (Å²) in [7, 11) is 0. The molecule has 0 aliphatic rings. The molecule has 0 saturated heterocycles. The van der Waals surface area contributed by atoms with Crippen molar-refractivity contribution in [3.05, 3.63) is 56.1 Å². The van der Waals surface area contributed by atoms with Gasteiger partial charge in [0, 0.05) is 16.6 Å². The van der Waals surface area contributed by atoms with Gasteiger partial charge in [0.05, 0.1) is 6.21 Å². The van der Waals surface area contributed by atoms with Gasteiger partial charge >= 0.3 is 0 Å². The maximum Gasteiger partial charge on any atom is 0.271 e. The summed E-state index contributed by atoms with van der Waals surface area (Å²) in [6.07, 6.45) is 1.70. The van der Waals surface area contributed by atoms with Gasteiger partial charge in [0.1, 0.15) is 0 Å². The van der Waals surface area contributed by atoms with Gasteiger partial charge in [0.25, 0.3) is 5.56 Å². The van der Waals surface area contributed by atoms with Crippen LogP contribution in [0.15, 0.2) is 39.5 Å². The van der Waals surface area contributed by atoms with Gasteiger partial charge < -0.3 is 0 Å². The molecule has 0 atom stereocenters. The Kier molecular flexibility index (Phi) is 3.01. The molecule has 3 nitrogen and oxygen atoms in total. The van der Waals surface area contributed by atoms with Gasteiger partial charge in [0.15, 0.2) is 0 Å². The molecular weight excluding hydrogens is 220 g/mol. The molecule has 0 aromatic carbocycles. The van der Waals surface area contributed by atoms with Crippen LogP contribution in [0, 0.1) is 13.8 Å². The van der Waals surface area contributed by atoms with Crippen molar-refractivity contribution in [3.63, 3.8) is 0 Å². The first-order chi connectivity index (χ1) is 7.66. The second-order valence-electron chi connectivity index (χ2n) is 3.58. The van der Waals surface area contributed by atoms with Gasteiger partial charge in [-0.3, -0.25) is 4.79 Å². The fourth-order valence-electron chi connectivity index (χ4n) is 1.49. The van der Waals surface area contributed by atoms with Crippen molar-refractivity contribution in [2.24, 2.45) is 5.10 Å². The minimum atomic E-state index is -0.0923. The number of aromatic nitrogens is 1. The standard InChI is InChI=1S/C12H12N2OS/c1-9-6-10(2)14(12(15)7-9)13-8-11-4-3-5-16-11/h3-8H,1-2H3. The van der Waals surface area contributed by atoms with E-state index in [1.54, 1.807) is 23.6 Å². The highest BCUT2D eigenvalue weighted by Crippen LogP contribution is 2.05. The third-order valence-corrected chi connectivity index (χ3v) is 2.98. The molecule has 0 bridgehead atoms. The quantitative estimate of drug-likeness (QED) is 0.732. The van der Waals surface area contributed by atoms with Crippen molar-refractivity contribution in [1.29, 1.82) is 0 Å². The first kappa shape index (κ1) is 10.8. The number of hydrogen-bond donors (Lipinski definition) is 0. The first-order valence-corrected chi connectivity index (χ1v) is 5.83. The lowest BCUT2D eigenvalue weighted by atomic mass is 10.2. The summed E-state index contributed by atoms with van der Waals surface area (Å²) >= 11 is 1.59. The van der Waals surface area contributed by atoms with Crippen molar-refractivity contribution in [1.82, 2.24) is 4.68 Å². The average molecular weight is 232 g/mol. The SMILES string of the molecule is Cc1cc(C)n(N=Cc2cccs2)c(=O)c1. The van der Waals surface area contributed by atoms with Crippen molar-refractivity contribution < 1.29 is 0 Å². The number of nitrogens with zero attached hydrogens (tertiary/aromatic N) is 2. The van der Waals surface area contributed by atoms with Crippen LogP contribution < -0.4 is 5.56 Å². The molecule has 2 aromatic heterocycles. The average Bonchev–Trinajstić information content (AvgIpc) is 2.68. The van der Waals surface area contributed by atoms with Crippen LogP contribution in [0.4, 0.5) is 0 Å². The molecule has 0 aliphatic carbocycles. The Balaban J connectivity index is 2.39.